The third-order valence-corrected chi connectivity index (χ3v) is 2.80. The van der Waals surface area contributed by atoms with Crippen molar-refractivity contribution in [2.24, 2.45) is 0 Å². The van der Waals surface area contributed by atoms with Gasteiger partial charge in [0.25, 0.3) is 0 Å². The normalized spacial score (nSPS) is 13.4. The molecular formula is C9H19NOS. The van der Waals surface area contributed by atoms with Crippen molar-refractivity contribution in [3.8, 4) is 0 Å². The zero-order chi connectivity index (χ0) is 9.56. The Bertz CT molecular complexity index is 138. The van der Waals surface area contributed by atoms with E-state index in [1.54, 1.807) is 0 Å². The largest absolute Gasteiger partial charge is 0.298 e. The number of rotatable bonds is 6. The van der Waals surface area contributed by atoms with Gasteiger partial charge in [0.15, 0.2) is 0 Å². The van der Waals surface area contributed by atoms with Crippen LogP contribution < -0.4 is 0 Å². The first-order valence-electron chi connectivity index (χ1n) is 4.32. The van der Waals surface area contributed by atoms with E-state index in [0.717, 1.165) is 5.75 Å². The van der Waals surface area contributed by atoms with E-state index in [4.69, 9.17) is 0 Å². The van der Waals surface area contributed by atoms with Crippen molar-refractivity contribution in [3.63, 3.8) is 0 Å². The lowest BCUT2D eigenvalue weighted by atomic mass is 10.2. The van der Waals surface area contributed by atoms with E-state index in [-0.39, 0.29) is 0 Å². The highest BCUT2D eigenvalue weighted by Crippen LogP contribution is 2.03. The highest BCUT2D eigenvalue weighted by molar-refractivity contribution is 7.98. The van der Waals surface area contributed by atoms with Crippen LogP contribution in [0.4, 0.5) is 0 Å². The Morgan fingerprint density at radius 3 is 2.58 bits per heavy atom. The van der Waals surface area contributed by atoms with E-state index in [1.807, 2.05) is 25.7 Å². The van der Waals surface area contributed by atoms with Crippen LogP contribution in [-0.2, 0) is 4.79 Å². The number of carbonyl (C=O) groups excluding carboxylic acids is 1. The molecule has 0 amide bonds. The van der Waals surface area contributed by atoms with E-state index in [2.05, 4.69) is 18.1 Å². The van der Waals surface area contributed by atoms with Crippen LogP contribution in [0.3, 0.4) is 0 Å². The lowest BCUT2D eigenvalue weighted by Gasteiger charge is -2.22. The molecule has 0 saturated heterocycles. The van der Waals surface area contributed by atoms with Crippen LogP contribution in [0.5, 0.6) is 0 Å². The fourth-order valence-corrected chi connectivity index (χ4v) is 1.65. The highest BCUT2D eigenvalue weighted by atomic mass is 32.2. The molecule has 0 saturated carbocycles. The summed E-state index contributed by atoms with van der Waals surface area (Å²) < 4.78 is 0. The molecule has 0 spiro atoms. The fourth-order valence-electron chi connectivity index (χ4n) is 0.914. The van der Waals surface area contributed by atoms with Crippen molar-refractivity contribution < 1.29 is 4.79 Å². The molecule has 0 bridgehead atoms. The van der Waals surface area contributed by atoms with Crippen molar-refractivity contribution >= 4 is 17.5 Å². The molecule has 3 heteroatoms. The zero-order valence-corrected chi connectivity index (χ0v) is 9.28. The number of likely N-dealkylation sites (N-methyl/N-ethyl adjacent to an activating group) is 1. The van der Waals surface area contributed by atoms with Gasteiger partial charge in [0.05, 0.1) is 6.54 Å². The first kappa shape index (κ1) is 12.0. The number of Topliss-reactive ketones (excluding diaryl/α,β-unsaturated/α-hetero) is 1. The van der Waals surface area contributed by atoms with Gasteiger partial charge in [-0.3, -0.25) is 9.69 Å². The summed E-state index contributed by atoms with van der Waals surface area (Å²) in [7, 11) is 2.01. The molecule has 0 rings (SSSR count). The zero-order valence-electron chi connectivity index (χ0n) is 8.46. The second-order valence-electron chi connectivity index (χ2n) is 3.11. The number of hydrogen-bond donors (Lipinski definition) is 0. The fraction of sp³-hybridized carbons (Fsp3) is 0.889. The Balaban J connectivity index is 3.69. The van der Waals surface area contributed by atoms with Crippen LogP contribution in [-0.4, -0.2) is 42.3 Å². The minimum Gasteiger partial charge on any atom is -0.298 e. The smallest absolute Gasteiger partial charge is 0.146 e. The average Bonchev–Trinajstić information content (AvgIpc) is 2.04. The van der Waals surface area contributed by atoms with Crippen LogP contribution in [0, 0.1) is 0 Å². The van der Waals surface area contributed by atoms with Crippen molar-refractivity contribution in [2.75, 3.05) is 25.6 Å². The monoisotopic (exact) mass is 189 g/mol. The highest BCUT2D eigenvalue weighted by Gasteiger charge is 2.10. The van der Waals surface area contributed by atoms with E-state index >= 15 is 0 Å². The number of hydrogen-bond acceptors (Lipinski definition) is 3. The van der Waals surface area contributed by atoms with Gasteiger partial charge in [-0.15, -0.1) is 0 Å². The molecule has 0 aromatic heterocycles. The van der Waals surface area contributed by atoms with Gasteiger partial charge in [0.2, 0.25) is 0 Å². The van der Waals surface area contributed by atoms with Crippen molar-refractivity contribution in [1.29, 1.82) is 0 Å². The number of nitrogens with zero attached hydrogens (tertiary/aromatic N) is 1. The maximum Gasteiger partial charge on any atom is 0.146 e. The summed E-state index contributed by atoms with van der Waals surface area (Å²) in [5.41, 5.74) is 0. The van der Waals surface area contributed by atoms with Gasteiger partial charge in [-0.2, -0.15) is 11.8 Å². The molecule has 0 aliphatic heterocycles. The van der Waals surface area contributed by atoms with Crippen LogP contribution >= 0.6 is 11.8 Å². The minimum atomic E-state index is 0.324. The van der Waals surface area contributed by atoms with Crippen LogP contribution in [0.15, 0.2) is 0 Å². The van der Waals surface area contributed by atoms with Gasteiger partial charge >= 0.3 is 0 Å². The molecule has 0 radical (unpaired) electrons. The molecule has 0 aliphatic rings. The first-order valence-corrected chi connectivity index (χ1v) is 5.72. The van der Waals surface area contributed by atoms with Gasteiger partial charge in [0, 0.05) is 18.2 Å². The number of carbonyl (C=O) groups is 1. The van der Waals surface area contributed by atoms with Crippen molar-refractivity contribution in [1.82, 2.24) is 4.90 Å². The average molecular weight is 189 g/mol. The van der Waals surface area contributed by atoms with Gasteiger partial charge < -0.3 is 0 Å². The summed E-state index contributed by atoms with van der Waals surface area (Å²) in [5.74, 6) is 1.42. The molecule has 0 heterocycles. The van der Waals surface area contributed by atoms with E-state index in [1.165, 1.54) is 0 Å². The van der Waals surface area contributed by atoms with E-state index in [9.17, 15) is 4.79 Å². The molecule has 0 N–H and O–H groups in total. The Hall–Kier alpha value is -0.0200. The Morgan fingerprint density at radius 2 is 2.17 bits per heavy atom. The topological polar surface area (TPSA) is 20.3 Å². The van der Waals surface area contributed by atoms with Crippen LogP contribution in [0.1, 0.15) is 20.3 Å². The number of ketones is 1. The van der Waals surface area contributed by atoms with Crippen LogP contribution in [0.25, 0.3) is 0 Å². The molecule has 1 unspecified atom stereocenters. The molecule has 1 atom stereocenters. The Kier molecular flexibility index (Phi) is 6.48. The maximum absolute atomic E-state index is 11.1. The van der Waals surface area contributed by atoms with E-state index in [0.29, 0.717) is 24.8 Å². The summed E-state index contributed by atoms with van der Waals surface area (Å²) in [6, 6.07) is 0.496. The predicted octanol–water partition coefficient (Wildman–Crippen LogP) is 1.65. The predicted molar refractivity (Wildman–Crippen MR) is 55.8 cm³/mol. The minimum absolute atomic E-state index is 0.324. The second kappa shape index (κ2) is 6.49. The van der Waals surface area contributed by atoms with E-state index < -0.39 is 0 Å². The van der Waals surface area contributed by atoms with Crippen molar-refractivity contribution in [3.05, 3.63) is 0 Å². The lowest BCUT2D eigenvalue weighted by molar-refractivity contribution is -0.119. The summed E-state index contributed by atoms with van der Waals surface area (Å²) >= 11 is 1.82. The Labute approximate surface area is 79.7 Å². The third kappa shape index (κ3) is 4.78. The Morgan fingerprint density at radius 1 is 1.58 bits per heavy atom. The molecule has 0 fully saturated rings. The number of thioether (sulfide) groups is 1. The standard InChI is InChI=1S/C9H19NOS/c1-5-9(11)6-10(3)8(2)7-12-4/h8H,5-7H2,1-4H3. The summed E-state index contributed by atoms with van der Waals surface area (Å²) in [6.07, 6.45) is 2.74. The maximum atomic E-state index is 11.1. The second-order valence-corrected chi connectivity index (χ2v) is 4.02. The molecule has 72 valence electrons. The van der Waals surface area contributed by atoms with Crippen LogP contribution in [0.2, 0.25) is 0 Å². The lowest BCUT2D eigenvalue weighted by Crippen LogP contribution is -2.35. The molecule has 0 aromatic carbocycles. The molecule has 12 heavy (non-hydrogen) atoms. The summed E-state index contributed by atoms with van der Waals surface area (Å²) in [5, 5.41) is 0. The molecule has 0 aromatic rings. The van der Waals surface area contributed by atoms with Gasteiger partial charge in [-0.1, -0.05) is 6.92 Å². The third-order valence-electron chi connectivity index (χ3n) is 1.98. The SMILES string of the molecule is CCC(=O)CN(C)C(C)CSC. The molecule has 0 aliphatic carbocycles. The van der Waals surface area contributed by atoms with Crippen molar-refractivity contribution in [2.45, 2.75) is 26.3 Å². The molecule has 2 nitrogen and oxygen atoms in total. The summed E-state index contributed by atoms with van der Waals surface area (Å²) in [4.78, 5) is 13.2. The van der Waals surface area contributed by atoms with Gasteiger partial charge in [0.1, 0.15) is 5.78 Å². The summed E-state index contributed by atoms with van der Waals surface area (Å²) in [6.45, 7) is 4.66. The first-order chi connectivity index (χ1) is 5.61. The van der Waals surface area contributed by atoms with Gasteiger partial charge in [-0.05, 0) is 20.2 Å². The van der Waals surface area contributed by atoms with Gasteiger partial charge in [-0.25, -0.2) is 0 Å². The quantitative estimate of drug-likeness (QED) is 0.633. The molecular weight excluding hydrogens is 170 g/mol.